The summed E-state index contributed by atoms with van der Waals surface area (Å²) in [6.45, 7) is 5.41. The van der Waals surface area contributed by atoms with Gasteiger partial charge in [0.2, 0.25) is 0 Å². The molecule has 1 fully saturated rings. The summed E-state index contributed by atoms with van der Waals surface area (Å²) in [6, 6.07) is 0.785. The van der Waals surface area contributed by atoms with Crippen LogP contribution < -0.4 is 11.1 Å². The minimum absolute atomic E-state index is 0.242. The van der Waals surface area contributed by atoms with Crippen molar-refractivity contribution in [1.82, 2.24) is 5.32 Å². The van der Waals surface area contributed by atoms with E-state index in [0.717, 1.165) is 13.0 Å². The van der Waals surface area contributed by atoms with Crippen LogP contribution in [0, 0.1) is 11.8 Å². The van der Waals surface area contributed by atoms with Gasteiger partial charge >= 0.3 is 0 Å². The van der Waals surface area contributed by atoms with E-state index in [-0.39, 0.29) is 12.6 Å². The summed E-state index contributed by atoms with van der Waals surface area (Å²) in [5.41, 5.74) is 5.74. The van der Waals surface area contributed by atoms with Crippen LogP contribution in [0.3, 0.4) is 0 Å². The molecule has 1 saturated carbocycles. The second-order valence-electron chi connectivity index (χ2n) is 5.21. The van der Waals surface area contributed by atoms with Crippen molar-refractivity contribution in [3.8, 4) is 0 Å². The third-order valence-electron chi connectivity index (χ3n) is 3.39. The van der Waals surface area contributed by atoms with Crippen LogP contribution in [-0.2, 0) is 0 Å². The standard InChI is InChI=1S/C12H26N2O/c1-9(2)6-11(8-15)14-12-5-3-4-10(12)7-13/h9-12,14-15H,3-8,13H2,1-2H3. The molecule has 15 heavy (non-hydrogen) atoms. The molecule has 0 spiro atoms. The summed E-state index contributed by atoms with van der Waals surface area (Å²) >= 11 is 0. The SMILES string of the molecule is CC(C)CC(CO)NC1CCCC1CN. The predicted molar refractivity (Wildman–Crippen MR) is 63.6 cm³/mol. The fraction of sp³-hybridized carbons (Fsp3) is 1.00. The normalized spacial score (nSPS) is 28.6. The summed E-state index contributed by atoms with van der Waals surface area (Å²) in [5.74, 6) is 1.25. The Morgan fingerprint density at radius 2 is 2.13 bits per heavy atom. The van der Waals surface area contributed by atoms with E-state index in [9.17, 15) is 5.11 Å². The molecule has 90 valence electrons. The van der Waals surface area contributed by atoms with Crippen LogP contribution in [0.15, 0.2) is 0 Å². The Balaban J connectivity index is 2.36. The molecule has 0 aromatic heterocycles. The van der Waals surface area contributed by atoms with Gasteiger partial charge in [0, 0.05) is 12.1 Å². The highest BCUT2D eigenvalue weighted by Gasteiger charge is 2.27. The lowest BCUT2D eigenvalue weighted by molar-refractivity contribution is 0.204. The maximum absolute atomic E-state index is 9.30. The maximum Gasteiger partial charge on any atom is 0.0584 e. The third kappa shape index (κ3) is 4.09. The first kappa shape index (κ1) is 12.9. The minimum Gasteiger partial charge on any atom is -0.395 e. The molecule has 0 amide bonds. The summed E-state index contributed by atoms with van der Waals surface area (Å²) in [7, 11) is 0. The van der Waals surface area contributed by atoms with Crippen molar-refractivity contribution in [2.45, 2.75) is 51.6 Å². The molecule has 0 aromatic carbocycles. The van der Waals surface area contributed by atoms with Crippen LogP contribution in [0.5, 0.6) is 0 Å². The van der Waals surface area contributed by atoms with Crippen molar-refractivity contribution in [2.24, 2.45) is 17.6 Å². The molecule has 1 rings (SSSR count). The summed E-state index contributed by atoms with van der Waals surface area (Å²) in [4.78, 5) is 0. The molecule has 1 aliphatic carbocycles. The molecule has 0 aliphatic heterocycles. The van der Waals surface area contributed by atoms with Gasteiger partial charge < -0.3 is 16.2 Å². The Morgan fingerprint density at radius 1 is 1.40 bits per heavy atom. The molecular weight excluding hydrogens is 188 g/mol. The average molecular weight is 214 g/mol. The molecule has 3 nitrogen and oxygen atoms in total. The summed E-state index contributed by atoms with van der Waals surface area (Å²) < 4.78 is 0. The zero-order valence-electron chi connectivity index (χ0n) is 10.1. The fourth-order valence-electron chi connectivity index (χ4n) is 2.61. The Hall–Kier alpha value is -0.120. The monoisotopic (exact) mass is 214 g/mol. The molecule has 0 radical (unpaired) electrons. The highest BCUT2D eigenvalue weighted by Crippen LogP contribution is 2.25. The fourth-order valence-corrected chi connectivity index (χ4v) is 2.61. The highest BCUT2D eigenvalue weighted by atomic mass is 16.3. The number of aliphatic hydroxyl groups is 1. The first-order valence-electron chi connectivity index (χ1n) is 6.24. The largest absolute Gasteiger partial charge is 0.395 e. The zero-order chi connectivity index (χ0) is 11.3. The van der Waals surface area contributed by atoms with Crippen LogP contribution in [0.25, 0.3) is 0 Å². The second-order valence-corrected chi connectivity index (χ2v) is 5.21. The quantitative estimate of drug-likeness (QED) is 0.621. The Morgan fingerprint density at radius 3 is 2.67 bits per heavy atom. The second kappa shape index (κ2) is 6.46. The number of nitrogens with two attached hydrogens (primary N) is 1. The van der Waals surface area contributed by atoms with E-state index in [0.29, 0.717) is 17.9 Å². The van der Waals surface area contributed by atoms with E-state index in [4.69, 9.17) is 5.73 Å². The first-order valence-corrected chi connectivity index (χ1v) is 6.24. The highest BCUT2D eigenvalue weighted by molar-refractivity contribution is 4.86. The topological polar surface area (TPSA) is 58.3 Å². The lowest BCUT2D eigenvalue weighted by Crippen LogP contribution is -2.44. The third-order valence-corrected chi connectivity index (χ3v) is 3.39. The number of aliphatic hydroxyl groups excluding tert-OH is 1. The van der Waals surface area contributed by atoms with E-state index in [1.165, 1.54) is 19.3 Å². The minimum atomic E-state index is 0.242. The van der Waals surface area contributed by atoms with Gasteiger partial charge in [0.15, 0.2) is 0 Å². The van der Waals surface area contributed by atoms with Crippen LogP contribution in [0.4, 0.5) is 0 Å². The number of hydrogen-bond acceptors (Lipinski definition) is 3. The first-order chi connectivity index (χ1) is 7.17. The van der Waals surface area contributed by atoms with Crippen LogP contribution in [0.2, 0.25) is 0 Å². The predicted octanol–water partition coefficient (Wildman–Crippen LogP) is 1.11. The van der Waals surface area contributed by atoms with Crippen LogP contribution in [0.1, 0.15) is 39.5 Å². The van der Waals surface area contributed by atoms with Gasteiger partial charge in [0.1, 0.15) is 0 Å². The van der Waals surface area contributed by atoms with E-state index in [2.05, 4.69) is 19.2 Å². The van der Waals surface area contributed by atoms with Gasteiger partial charge in [0.05, 0.1) is 6.61 Å². The maximum atomic E-state index is 9.30. The Labute approximate surface area is 93.4 Å². The number of hydrogen-bond donors (Lipinski definition) is 3. The van der Waals surface area contributed by atoms with Crippen molar-refractivity contribution in [3.63, 3.8) is 0 Å². The van der Waals surface area contributed by atoms with Crippen molar-refractivity contribution < 1.29 is 5.11 Å². The van der Waals surface area contributed by atoms with E-state index in [1.54, 1.807) is 0 Å². The zero-order valence-corrected chi connectivity index (χ0v) is 10.1. The molecule has 0 aromatic rings. The van der Waals surface area contributed by atoms with Gasteiger partial charge in [-0.15, -0.1) is 0 Å². The molecule has 0 bridgehead atoms. The van der Waals surface area contributed by atoms with E-state index >= 15 is 0 Å². The molecule has 0 heterocycles. The van der Waals surface area contributed by atoms with Gasteiger partial charge in [-0.25, -0.2) is 0 Å². The van der Waals surface area contributed by atoms with Gasteiger partial charge in [-0.1, -0.05) is 20.3 Å². The molecule has 3 heteroatoms. The molecule has 0 saturated heterocycles. The van der Waals surface area contributed by atoms with Crippen molar-refractivity contribution in [1.29, 1.82) is 0 Å². The van der Waals surface area contributed by atoms with Crippen molar-refractivity contribution in [2.75, 3.05) is 13.2 Å². The van der Waals surface area contributed by atoms with E-state index < -0.39 is 0 Å². The van der Waals surface area contributed by atoms with Crippen LogP contribution in [-0.4, -0.2) is 30.3 Å². The molecular formula is C12H26N2O. The molecule has 3 atom stereocenters. The molecule has 3 unspecified atom stereocenters. The molecule has 1 aliphatic rings. The lowest BCUT2D eigenvalue weighted by atomic mass is 9.99. The van der Waals surface area contributed by atoms with Gasteiger partial charge in [-0.3, -0.25) is 0 Å². The van der Waals surface area contributed by atoms with Crippen molar-refractivity contribution >= 4 is 0 Å². The van der Waals surface area contributed by atoms with Crippen molar-refractivity contribution in [3.05, 3.63) is 0 Å². The number of nitrogens with one attached hydrogen (secondary N) is 1. The van der Waals surface area contributed by atoms with Gasteiger partial charge in [-0.2, -0.15) is 0 Å². The average Bonchev–Trinajstić information content (AvgIpc) is 2.63. The Kier molecular flexibility index (Phi) is 5.58. The lowest BCUT2D eigenvalue weighted by Gasteiger charge is -2.26. The van der Waals surface area contributed by atoms with Gasteiger partial charge in [-0.05, 0) is 37.6 Å². The van der Waals surface area contributed by atoms with E-state index in [1.807, 2.05) is 0 Å². The number of rotatable bonds is 6. The molecule has 4 N–H and O–H groups in total. The van der Waals surface area contributed by atoms with Crippen LogP contribution >= 0.6 is 0 Å². The smallest absolute Gasteiger partial charge is 0.0584 e. The summed E-state index contributed by atoms with van der Waals surface area (Å²) in [5, 5.41) is 12.9. The van der Waals surface area contributed by atoms with Gasteiger partial charge in [0.25, 0.3) is 0 Å². The summed E-state index contributed by atoms with van der Waals surface area (Å²) in [6.07, 6.45) is 4.79. The Bertz CT molecular complexity index is 173.